The van der Waals surface area contributed by atoms with E-state index in [9.17, 15) is 18.3 Å². The van der Waals surface area contributed by atoms with Gasteiger partial charge in [0.1, 0.15) is 0 Å². The van der Waals surface area contributed by atoms with E-state index in [0.717, 1.165) is 0 Å². The van der Waals surface area contributed by atoms with Crippen LogP contribution in [0.1, 0.15) is 26.3 Å². The monoisotopic (exact) mass is 272 g/mol. The van der Waals surface area contributed by atoms with Gasteiger partial charge in [0.15, 0.2) is 0 Å². The summed E-state index contributed by atoms with van der Waals surface area (Å²) >= 11 is 0. The zero-order chi connectivity index (χ0) is 14.0. The largest absolute Gasteiger partial charge is 0.479 e. The summed E-state index contributed by atoms with van der Waals surface area (Å²) < 4.78 is 28.4. The Hall–Kier alpha value is -1.40. The van der Waals surface area contributed by atoms with Crippen LogP contribution in [0.3, 0.4) is 0 Å². The van der Waals surface area contributed by atoms with Crippen molar-refractivity contribution in [3.8, 4) is 0 Å². The van der Waals surface area contributed by atoms with Crippen molar-refractivity contribution in [1.82, 2.24) is 0 Å². The van der Waals surface area contributed by atoms with Crippen molar-refractivity contribution in [1.29, 1.82) is 0 Å². The number of carboxylic acids is 1. The molecule has 0 aliphatic rings. The fraction of sp³-hybridized carbons (Fsp3) is 0.417. The van der Waals surface area contributed by atoms with Gasteiger partial charge in [-0.3, -0.25) is 0 Å². The Morgan fingerprint density at radius 1 is 1.28 bits per heavy atom. The molecule has 18 heavy (non-hydrogen) atoms. The van der Waals surface area contributed by atoms with Gasteiger partial charge in [-0.1, -0.05) is 30.3 Å². The SMILES string of the molecule is CC(C)S(=O)(=O)OC(C)(C(=O)O)c1ccccc1. The van der Waals surface area contributed by atoms with Crippen LogP contribution in [0.2, 0.25) is 0 Å². The van der Waals surface area contributed by atoms with Crippen LogP contribution in [0, 0.1) is 0 Å². The van der Waals surface area contributed by atoms with E-state index in [1.165, 1.54) is 32.9 Å². The summed E-state index contributed by atoms with van der Waals surface area (Å²) in [4.78, 5) is 11.3. The lowest BCUT2D eigenvalue weighted by atomic mass is 9.97. The first kappa shape index (κ1) is 14.7. The molecule has 5 nitrogen and oxygen atoms in total. The van der Waals surface area contributed by atoms with Gasteiger partial charge in [-0.15, -0.1) is 0 Å². The first-order valence-electron chi connectivity index (χ1n) is 5.43. The van der Waals surface area contributed by atoms with Crippen LogP contribution >= 0.6 is 0 Å². The predicted molar refractivity (Wildman–Crippen MR) is 66.6 cm³/mol. The summed E-state index contributed by atoms with van der Waals surface area (Å²) in [5, 5.41) is 8.44. The number of carbonyl (C=O) groups is 1. The molecule has 0 fully saturated rings. The minimum atomic E-state index is -3.93. The molecule has 0 bridgehead atoms. The average Bonchev–Trinajstić information content (AvgIpc) is 2.29. The molecule has 0 heterocycles. The highest BCUT2D eigenvalue weighted by Crippen LogP contribution is 2.29. The third-order valence-corrected chi connectivity index (χ3v) is 4.31. The third-order valence-electron chi connectivity index (χ3n) is 2.59. The van der Waals surface area contributed by atoms with Gasteiger partial charge in [-0.05, 0) is 26.3 Å². The quantitative estimate of drug-likeness (QED) is 0.826. The Kier molecular flexibility index (Phi) is 4.13. The Balaban J connectivity index is 3.23. The van der Waals surface area contributed by atoms with Crippen LogP contribution in [0.5, 0.6) is 0 Å². The van der Waals surface area contributed by atoms with Crippen molar-refractivity contribution >= 4 is 16.1 Å². The van der Waals surface area contributed by atoms with Gasteiger partial charge in [0.2, 0.25) is 5.60 Å². The van der Waals surface area contributed by atoms with E-state index in [-0.39, 0.29) is 5.56 Å². The van der Waals surface area contributed by atoms with Crippen LogP contribution in [0.4, 0.5) is 0 Å². The molecule has 1 N–H and O–H groups in total. The Morgan fingerprint density at radius 2 is 1.78 bits per heavy atom. The van der Waals surface area contributed by atoms with E-state index in [1.54, 1.807) is 18.2 Å². The second-order valence-electron chi connectivity index (χ2n) is 4.33. The molecule has 6 heteroatoms. The maximum Gasteiger partial charge on any atom is 0.341 e. The predicted octanol–water partition coefficient (Wildman–Crippen LogP) is 1.74. The fourth-order valence-corrected chi connectivity index (χ4v) is 2.12. The molecule has 1 aromatic rings. The van der Waals surface area contributed by atoms with Gasteiger partial charge in [0, 0.05) is 0 Å². The lowest BCUT2D eigenvalue weighted by Gasteiger charge is -2.25. The first-order chi connectivity index (χ1) is 8.20. The fourth-order valence-electron chi connectivity index (χ4n) is 1.29. The molecule has 0 saturated carbocycles. The van der Waals surface area contributed by atoms with Crippen molar-refractivity contribution in [2.45, 2.75) is 31.6 Å². The van der Waals surface area contributed by atoms with E-state index >= 15 is 0 Å². The molecule has 100 valence electrons. The molecule has 1 atom stereocenters. The summed E-state index contributed by atoms with van der Waals surface area (Å²) in [5.41, 5.74) is -1.63. The van der Waals surface area contributed by atoms with Crippen molar-refractivity contribution in [3.05, 3.63) is 35.9 Å². The first-order valence-corrected chi connectivity index (χ1v) is 6.90. The maximum absolute atomic E-state index is 11.7. The molecular weight excluding hydrogens is 256 g/mol. The zero-order valence-electron chi connectivity index (χ0n) is 10.5. The zero-order valence-corrected chi connectivity index (χ0v) is 11.3. The molecule has 0 aliphatic carbocycles. The molecule has 0 saturated heterocycles. The number of hydrogen-bond donors (Lipinski definition) is 1. The molecule has 0 amide bonds. The molecule has 0 spiro atoms. The van der Waals surface area contributed by atoms with Crippen LogP contribution in [-0.4, -0.2) is 24.7 Å². The molecule has 1 rings (SSSR count). The maximum atomic E-state index is 11.7. The van der Waals surface area contributed by atoms with Gasteiger partial charge in [0.25, 0.3) is 10.1 Å². The number of hydrogen-bond acceptors (Lipinski definition) is 4. The van der Waals surface area contributed by atoms with Gasteiger partial charge < -0.3 is 5.11 Å². The van der Waals surface area contributed by atoms with Crippen LogP contribution in [0.15, 0.2) is 30.3 Å². The highest BCUT2D eigenvalue weighted by molar-refractivity contribution is 7.87. The van der Waals surface area contributed by atoms with Gasteiger partial charge in [0.05, 0.1) is 5.25 Å². The third kappa shape index (κ3) is 2.88. The van der Waals surface area contributed by atoms with Gasteiger partial charge in [-0.25, -0.2) is 8.98 Å². The van der Waals surface area contributed by atoms with Crippen molar-refractivity contribution < 1.29 is 22.5 Å². The molecule has 1 unspecified atom stereocenters. The summed E-state index contributed by atoms with van der Waals surface area (Å²) in [5.74, 6) is -1.35. The number of carboxylic acid groups (broad SMARTS) is 1. The summed E-state index contributed by atoms with van der Waals surface area (Å²) in [7, 11) is -3.93. The minimum Gasteiger partial charge on any atom is -0.479 e. The molecule has 0 aromatic heterocycles. The van der Waals surface area contributed by atoms with E-state index in [0.29, 0.717) is 0 Å². The molecule has 1 aromatic carbocycles. The van der Waals surface area contributed by atoms with Crippen molar-refractivity contribution in [2.75, 3.05) is 0 Å². The summed E-state index contributed by atoms with van der Waals surface area (Å²) in [6, 6.07) is 8.00. The standard InChI is InChI=1S/C12H16O5S/c1-9(2)18(15,16)17-12(3,11(13)14)10-7-5-4-6-8-10/h4-9H,1-3H3,(H,13,14). The molecular formula is C12H16O5S. The van der Waals surface area contributed by atoms with Crippen molar-refractivity contribution in [2.24, 2.45) is 0 Å². The van der Waals surface area contributed by atoms with Crippen LogP contribution in [0.25, 0.3) is 0 Å². The lowest BCUT2D eigenvalue weighted by molar-refractivity contribution is -0.154. The molecule has 0 radical (unpaired) electrons. The van der Waals surface area contributed by atoms with Crippen molar-refractivity contribution in [3.63, 3.8) is 0 Å². The van der Waals surface area contributed by atoms with Gasteiger partial charge >= 0.3 is 5.97 Å². The minimum absolute atomic E-state index is 0.279. The Bertz CT molecular complexity index is 521. The van der Waals surface area contributed by atoms with Crippen LogP contribution in [-0.2, 0) is 24.7 Å². The smallest absolute Gasteiger partial charge is 0.341 e. The topological polar surface area (TPSA) is 80.7 Å². The lowest BCUT2D eigenvalue weighted by Crippen LogP contribution is -2.39. The average molecular weight is 272 g/mol. The van der Waals surface area contributed by atoms with Crippen LogP contribution < -0.4 is 0 Å². The second-order valence-corrected chi connectivity index (χ2v) is 6.42. The normalized spacial score (nSPS) is 15.3. The van der Waals surface area contributed by atoms with E-state index in [1.807, 2.05) is 0 Å². The van der Waals surface area contributed by atoms with E-state index < -0.39 is 26.9 Å². The van der Waals surface area contributed by atoms with E-state index in [4.69, 9.17) is 4.18 Å². The second kappa shape index (κ2) is 5.07. The highest BCUT2D eigenvalue weighted by Gasteiger charge is 2.42. The number of benzene rings is 1. The summed E-state index contributed by atoms with van der Waals surface area (Å²) in [6.07, 6.45) is 0. The number of rotatable bonds is 5. The van der Waals surface area contributed by atoms with Gasteiger partial charge in [-0.2, -0.15) is 8.42 Å². The number of aliphatic carboxylic acids is 1. The van der Waals surface area contributed by atoms with E-state index in [2.05, 4.69) is 0 Å². The Labute approximate surface area is 107 Å². The highest BCUT2D eigenvalue weighted by atomic mass is 32.2. The molecule has 0 aliphatic heterocycles. The Morgan fingerprint density at radius 3 is 2.17 bits per heavy atom. The summed E-state index contributed by atoms with van der Waals surface area (Å²) in [6.45, 7) is 4.09.